The third-order valence-electron chi connectivity index (χ3n) is 2.06. The maximum Gasteiger partial charge on any atom is 0.444 e. The minimum atomic E-state index is -4.22. The second kappa shape index (κ2) is 7.07. The Morgan fingerprint density at radius 3 is 2.52 bits per heavy atom. The third kappa shape index (κ3) is 4.75. The molecule has 0 aromatic heterocycles. The number of hydrogen-bond acceptors (Lipinski definition) is 4. The molecule has 0 saturated carbocycles. The Bertz CT molecular complexity index is 620. The van der Waals surface area contributed by atoms with Crippen LogP contribution in [-0.2, 0) is 0 Å². The van der Waals surface area contributed by atoms with Gasteiger partial charge in [0.15, 0.2) is 0 Å². The lowest BCUT2D eigenvalue weighted by molar-refractivity contribution is -0.198. The van der Waals surface area contributed by atoms with E-state index in [0.29, 0.717) is 0 Å². The van der Waals surface area contributed by atoms with E-state index in [1.54, 1.807) is 12.1 Å². The van der Waals surface area contributed by atoms with Crippen molar-refractivity contribution >= 4 is 28.9 Å². The van der Waals surface area contributed by atoms with Gasteiger partial charge >= 0.3 is 6.11 Å². The molecule has 0 radical (unpaired) electrons. The smallest absolute Gasteiger partial charge is 0.429 e. The lowest BCUT2D eigenvalue weighted by Crippen LogP contribution is -2.32. The molecule has 4 nitrogen and oxygen atoms in total. The highest BCUT2D eigenvalue weighted by molar-refractivity contribution is 6.33. The number of nitrogens with one attached hydrogen (secondary N) is 1. The number of allylic oxidation sites excluding steroid dienone is 1. The van der Waals surface area contributed by atoms with E-state index in [9.17, 15) is 13.2 Å². The van der Waals surface area contributed by atoms with E-state index < -0.39 is 17.5 Å². The third-order valence-corrected chi connectivity index (χ3v) is 2.64. The number of halogens is 5. The van der Waals surface area contributed by atoms with Gasteiger partial charge in [0.1, 0.15) is 23.5 Å². The number of alkyl halides is 4. The van der Waals surface area contributed by atoms with Crippen molar-refractivity contribution in [2.24, 2.45) is 0 Å². The van der Waals surface area contributed by atoms with Gasteiger partial charge in [-0.25, -0.2) is 4.39 Å². The van der Waals surface area contributed by atoms with Crippen molar-refractivity contribution in [1.82, 2.24) is 0 Å². The molecule has 0 saturated heterocycles. The van der Waals surface area contributed by atoms with Crippen LogP contribution in [-0.4, -0.2) is 11.7 Å². The highest BCUT2D eigenvalue weighted by Crippen LogP contribution is 2.32. The number of ether oxygens (including phenoxy) is 1. The largest absolute Gasteiger partial charge is 0.444 e. The Morgan fingerprint density at radius 1 is 1.38 bits per heavy atom. The number of nitriles is 2. The van der Waals surface area contributed by atoms with E-state index in [-0.39, 0.29) is 16.3 Å². The minimum absolute atomic E-state index is 0.0814. The summed E-state index contributed by atoms with van der Waals surface area (Å²) >= 11 is 10.5. The lowest BCUT2D eigenvalue weighted by atomic mass is 10.3. The zero-order valence-electron chi connectivity index (χ0n) is 10.1. The molecule has 0 bridgehead atoms. The summed E-state index contributed by atoms with van der Waals surface area (Å²) in [6, 6.07) is 6.51. The molecule has 9 heteroatoms. The quantitative estimate of drug-likeness (QED) is 0.647. The Kier molecular flexibility index (Phi) is 5.71. The summed E-state index contributed by atoms with van der Waals surface area (Å²) in [6.07, 6.45) is -3.18. The van der Waals surface area contributed by atoms with Gasteiger partial charge in [0.25, 0.3) is 5.63 Å². The first-order chi connectivity index (χ1) is 9.80. The summed E-state index contributed by atoms with van der Waals surface area (Å²) in [4.78, 5) is 0. The van der Waals surface area contributed by atoms with Crippen molar-refractivity contribution in [2.45, 2.75) is 11.7 Å². The normalized spacial score (nSPS) is 11.8. The predicted octanol–water partition coefficient (Wildman–Crippen LogP) is 4.19. The van der Waals surface area contributed by atoms with Gasteiger partial charge in [0.2, 0.25) is 0 Å². The fourth-order valence-electron chi connectivity index (χ4n) is 1.12. The van der Waals surface area contributed by atoms with Gasteiger partial charge in [-0.1, -0.05) is 23.2 Å². The molecule has 0 aliphatic carbocycles. The molecule has 1 aromatic carbocycles. The van der Waals surface area contributed by atoms with Gasteiger partial charge in [-0.05, 0) is 12.1 Å². The van der Waals surface area contributed by atoms with E-state index in [1.165, 1.54) is 6.07 Å². The van der Waals surface area contributed by atoms with E-state index in [0.717, 1.165) is 18.3 Å². The first kappa shape index (κ1) is 17.0. The summed E-state index contributed by atoms with van der Waals surface area (Å²) in [7, 11) is 0. The number of nitrogens with zero attached hydrogens (tertiary/aromatic N) is 2. The van der Waals surface area contributed by atoms with Crippen LogP contribution < -0.4 is 10.1 Å². The van der Waals surface area contributed by atoms with Gasteiger partial charge in [0, 0.05) is 12.3 Å². The van der Waals surface area contributed by atoms with Crippen LogP contribution in [0.1, 0.15) is 0 Å². The second-order valence-electron chi connectivity index (χ2n) is 3.53. The van der Waals surface area contributed by atoms with E-state index in [2.05, 4.69) is 21.7 Å². The number of rotatable bonds is 5. The number of benzene rings is 1. The number of hydrogen-bond donors (Lipinski definition) is 1. The van der Waals surface area contributed by atoms with Crippen LogP contribution >= 0.6 is 23.2 Å². The van der Waals surface area contributed by atoms with Crippen molar-refractivity contribution in [1.29, 1.82) is 10.5 Å². The molecule has 21 heavy (non-hydrogen) atoms. The molecule has 0 heterocycles. The molecule has 1 N–H and O–H groups in total. The molecular weight excluding hydrogens is 330 g/mol. The standard InChI is InChI=1S/C12H6Cl2F3N3O/c13-9-2-1-8(21-12(16,17)11(14)15)3-10(9)20-6-7(4-18)5-19/h1-3,6,11,20H. The van der Waals surface area contributed by atoms with Crippen molar-refractivity contribution in [2.75, 3.05) is 5.32 Å². The van der Waals surface area contributed by atoms with Gasteiger partial charge in [-0.15, -0.1) is 0 Å². The summed E-state index contributed by atoms with van der Waals surface area (Å²) < 4.78 is 42.6. The molecule has 0 fully saturated rings. The van der Waals surface area contributed by atoms with Gasteiger partial charge in [-0.3, -0.25) is 0 Å². The average molecular weight is 336 g/mol. The Hall–Kier alpha value is -2.09. The first-order valence-electron chi connectivity index (χ1n) is 5.21. The first-order valence-corrected chi connectivity index (χ1v) is 6.03. The summed E-state index contributed by atoms with van der Waals surface area (Å²) in [5.41, 5.74) is -3.20. The zero-order valence-corrected chi connectivity index (χ0v) is 11.6. The summed E-state index contributed by atoms with van der Waals surface area (Å²) in [5.74, 6) is -0.404. The SMILES string of the molecule is N#CC(C#N)=CNc1cc(OC(F)(F)C(F)Cl)ccc1Cl. The van der Waals surface area contributed by atoms with Crippen LogP contribution in [0.15, 0.2) is 30.0 Å². The molecule has 0 aliphatic rings. The highest BCUT2D eigenvalue weighted by Gasteiger charge is 2.42. The van der Waals surface area contributed by atoms with Gasteiger partial charge in [0.05, 0.1) is 10.7 Å². The highest BCUT2D eigenvalue weighted by atomic mass is 35.5. The second-order valence-corrected chi connectivity index (χ2v) is 4.32. The molecule has 110 valence electrons. The van der Waals surface area contributed by atoms with Crippen molar-refractivity contribution < 1.29 is 17.9 Å². The van der Waals surface area contributed by atoms with Crippen molar-refractivity contribution in [3.63, 3.8) is 0 Å². The number of anilines is 1. The van der Waals surface area contributed by atoms with E-state index in [4.69, 9.17) is 22.1 Å². The Labute approximate surface area is 127 Å². The van der Waals surface area contributed by atoms with Gasteiger partial charge < -0.3 is 10.1 Å². The maximum atomic E-state index is 13.0. The van der Waals surface area contributed by atoms with Crippen LogP contribution in [0.3, 0.4) is 0 Å². The molecular formula is C12H6Cl2F3N3O. The van der Waals surface area contributed by atoms with Gasteiger partial charge in [-0.2, -0.15) is 19.3 Å². The monoisotopic (exact) mass is 335 g/mol. The molecule has 0 amide bonds. The fraction of sp³-hybridized carbons (Fsp3) is 0.167. The average Bonchev–Trinajstić information content (AvgIpc) is 2.42. The van der Waals surface area contributed by atoms with E-state index in [1.807, 2.05) is 0 Å². The van der Waals surface area contributed by atoms with Crippen LogP contribution in [0.5, 0.6) is 5.75 Å². The molecule has 1 unspecified atom stereocenters. The van der Waals surface area contributed by atoms with Crippen LogP contribution in [0.4, 0.5) is 18.9 Å². The van der Waals surface area contributed by atoms with Crippen molar-refractivity contribution in [3.05, 3.63) is 35.0 Å². The molecule has 1 atom stereocenters. The predicted molar refractivity (Wildman–Crippen MR) is 70.7 cm³/mol. The van der Waals surface area contributed by atoms with Crippen LogP contribution in [0.25, 0.3) is 0 Å². The minimum Gasteiger partial charge on any atom is -0.429 e. The Balaban J connectivity index is 2.99. The zero-order chi connectivity index (χ0) is 16.0. The fourth-order valence-corrected chi connectivity index (χ4v) is 1.34. The molecule has 1 aromatic rings. The summed E-state index contributed by atoms with van der Waals surface area (Å²) in [5, 5.41) is 19.7. The Morgan fingerprint density at radius 2 is 2.00 bits per heavy atom. The maximum absolute atomic E-state index is 13.0. The molecule has 0 spiro atoms. The lowest BCUT2D eigenvalue weighted by Gasteiger charge is -2.18. The topological polar surface area (TPSA) is 68.8 Å². The summed E-state index contributed by atoms with van der Waals surface area (Å²) in [6.45, 7) is 0. The van der Waals surface area contributed by atoms with E-state index >= 15 is 0 Å². The molecule has 1 rings (SSSR count). The molecule has 0 aliphatic heterocycles. The van der Waals surface area contributed by atoms with Crippen molar-refractivity contribution in [3.8, 4) is 17.9 Å². The van der Waals surface area contributed by atoms with Crippen LogP contribution in [0.2, 0.25) is 5.02 Å². The van der Waals surface area contributed by atoms with Crippen LogP contribution in [0, 0.1) is 22.7 Å².